The number of hydrogen-bond donors (Lipinski definition) is 2. The van der Waals surface area contributed by atoms with Crippen molar-refractivity contribution in [1.82, 2.24) is 25.7 Å². The zero-order valence-electron chi connectivity index (χ0n) is 12.3. The van der Waals surface area contributed by atoms with Crippen LogP contribution < -0.4 is 10.6 Å². The van der Waals surface area contributed by atoms with Crippen molar-refractivity contribution in [2.75, 3.05) is 39.3 Å². The fraction of sp³-hybridized carbons (Fsp3) is 0.643. The lowest BCUT2D eigenvalue weighted by molar-refractivity contribution is 0.0945. The zero-order valence-corrected chi connectivity index (χ0v) is 12.3. The van der Waals surface area contributed by atoms with Crippen LogP contribution >= 0.6 is 0 Å². The van der Waals surface area contributed by atoms with Gasteiger partial charge in [0.05, 0.1) is 17.0 Å². The summed E-state index contributed by atoms with van der Waals surface area (Å²) in [6, 6.07) is 1.81. The van der Waals surface area contributed by atoms with Crippen LogP contribution in [0, 0.1) is 6.92 Å². The van der Waals surface area contributed by atoms with Gasteiger partial charge < -0.3 is 10.6 Å². The van der Waals surface area contributed by atoms with Gasteiger partial charge in [0.2, 0.25) is 0 Å². The van der Waals surface area contributed by atoms with Crippen LogP contribution in [0.1, 0.15) is 28.7 Å². The first kappa shape index (κ1) is 14.9. The third-order valence-electron chi connectivity index (χ3n) is 3.50. The Kier molecular flexibility index (Phi) is 5.43. The highest BCUT2D eigenvalue weighted by atomic mass is 16.1. The maximum Gasteiger partial charge on any atom is 0.253 e. The van der Waals surface area contributed by atoms with E-state index in [0.717, 1.165) is 44.1 Å². The SMILES string of the molecule is CCc1nnc(C)cc1C(=O)NCCN1CCNCC1. The lowest BCUT2D eigenvalue weighted by atomic mass is 10.1. The molecule has 1 saturated heterocycles. The van der Waals surface area contributed by atoms with Crippen molar-refractivity contribution in [3.63, 3.8) is 0 Å². The number of piperazine rings is 1. The number of aryl methyl sites for hydroxylation is 2. The third kappa shape index (κ3) is 3.98. The summed E-state index contributed by atoms with van der Waals surface area (Å²) in [5.41, 5.74) is 2.19. The van der Waals surface area contributed by atoms with Crippen LogP contribution in [0.4, 0.5) is 0 Å². The molecule has 0 spiro atoms. The van der Waals surface area contributed by atoms with E-state index in [0.29, 0.717) is 18.5 Å². The van der Waals surface area contributed by atoms with E-state index in [2.05, 4.69) is 25.7 Å². The number of carbonyl (C=O) groups excluding carboxylic acids is 1. The van der Waals surface area contributed by atoms with E-state index >= 15 is 0 Å². The van der Waals surface area contributed by atoms with Gasteiger partial charge in [-0.25, -0.2) is 0 Å². The number of rotatable bonds is 5. The summed E-state index contributed by atoms with van der Waals surface area (Å²) in [5.74, 6) is -0.0463. The predicted octanol–water partition coefficient (Wildman–Crippen LogP) is -0.0176. The molecule has 1 amide bonds. The molecule has 0 saturated carbocycles. The molecule has 0 aliphatic carbocycles. The molecule has 0 radical (unpaired) electrons. The van der Waals surface area contributed by atoms with Crippen LogP contribution in [-0.4, -0.2) is 60.3 Å². The average molecular weight is 277 g/mol. The van der Waals surface area contributed by atoms with E-state index in [9.17, 15) is 4.79 Å². The van der Waals surface area contributed by atoms with E-state index in [1.807, 2.05) is 19.9 Å². The van der Waals surface area contributed by atoms with Crippen molar-refractivity contribution in [2.45, 2.75) is 20.3 Å². The minimum absolute atomic E-state index is 0.0463. The van der Waals surface area contributed by atoms with Gasteiger partial charge in [0.1, 0.15) is 0 Å². The van der Waals surface area contributed by atoms with Gasteiger partial charge in [-0.2, -0.15) is 10.2 Å². The summed E-state index contributed by atoms with van der Waals surface area (Å²) in [6.07, 6.45) is 0.716. The highest BCUT2D eigenvalue weighted by Gasteiger charge is 2.13. The van der Waals surface area contributed by atoms with Gasteiger partial charge in [0, 0.05) is 39.3 Å². The van der Waals surface area contributed by atoms with Gasteiger partial charge in [-0.3, -0.25) is 9.69 Å². The summed E-state index contributed by atoms with van der Waals surface area (Å²) >= 11 is 0. The van der Waals surface area contributed by atoms with E-state index in [4.69, 9.17) is 0 Å². The molecule has 6 nitrogen and oxygen atoms in total. The van der Waals surface area contributed by atoms with Crippen molar-refractivity contribution in [3.05, 3.63) is 23.0 Å². The largest absolute Gasteiger partial charge is 0.351 e. The molecule has 20 heavy (non-hydrogen) atoms. The summed E-state index contributed by atoms with van der Waals surface area (Å²) in [4.78, 5) is 14.6. The molecule has 2 rings (SSSR count). The molecule has 2 heterocycles. The smallest absolute Gasteiger partial charge is 0.253 e. The second-order valence-electron chi connectivity index (χ2n) is 5.05. The number of hydrogen-bond acceptors (Lipinski definition) is 5. The number of nitrogens with zero attached hydrogens (tertiary/aromatic N) is 3. The monoisotopic (exact) mass is 277 g/mol. The van der Waals surface area contributed by atoms with E-state index in [-0.39, 0.29) is 5.91 Å². The molecule has 2 N–H and O–H groups in total. The standard InChI is InChI=1S/C14H23N5O/c1-3-13-12(10-11(2)17-18-13)14(20)16-6-9-19-7-4-15-5-8-19/h10,15H,3-9H2,1-2H3,(H,16,20). The second kappa shape index (κ2) is 7.31. The van der Waals surface area contributed by atoms with Crippen molar-refractivity contribution >= 4 is 5.91 Å². The number of amides is 1. The van der Waals surface area contributed by atoms with Crippen molar-refractivity contribution in [2.24, 2.45) is 0 Å². The normalized spacial score (nSPS) is 16.1. The molecule has 110 valence electrons. The van der Waals surface area contributed by atoms with Crippen LogP contribution in [-0.2, 0) is 6.42 Å². The molecule has 0 aromatic carbocycles. The maximum atomic E-state index is 12.2. The molecule has 6 heteroatoms. The Balaban J connectivity index is 1.86. The maximum absolute atomic E-state index is 12.2. The van der Waals surface area contributed by atoms with Gasteiger partial charge in [0.15, 0.2) is 0 Å². The number of nitrogens with one attached hydrogen (secondary N) is 2. The highest BCUT2D eigenvalue weighted by molar-refractivity contribution is 5.95. The van der Waals surface area contributed by atoms with E-state index in [1.165, 1.54) is 0 Å². The molecule has 1 aliphatic heterocycles. The first-order chi connectivity index (χ1) is 9.70. The van der Waals surface area contributed by atoms with Crippen LogP contribution in [0.25, 0.3) is 0 Å². The van der Waals surface area contributed by atoms with Gasteiger partial charge in [-0.05, 0) is 19.4 Å². The van der Waals surface area contributed by atoms with E-state index in [1.54, 1.807) is 0 Å². The molecular formula is C14H23N5O. The van der Waals surface area contributed by atoms with Crippen molar-refractivity contribution in [3.8, 4) is 0 Å². The summed E-state index contributed by atoms with van der Waals surface area (Å²) in [6.45, 7) is 9.55. The quantitative estimate of drug-likeness (QED) is 0.792. The second-order valence-corrected chi connectivity index (χ2v) is 5.05. The molecule has 0 unspecified atom stereocenters. The van der Waals surface area contributed by atoms with E-state index < -0.39 is 0 Å². The summed E-state index contributed by atoms with van der Waals surface area (Å²) < 4.78 is 0. The van der Waals surface area contributed by atoms with Crippen LogP contribution in [0.3, 0.4) is 0 Å². The molecule has 1 aromatic rings. The highest BCUT2D eigenvalue weighted by Crippen LogP contribution is 2.07. The number of carbonyl (C=O) groups is 1. The molecule has 1 fully saturated rings. The lowest BCUT2D eigenvalue weighted by Crippen LogP contribution is -2.46. The fourth-order valence-corrected chi connectivity index (χ4v) is 2.33. The Hall–Kier alpha value is -1.53. The first-order valence-electron chi connectivity index (χ1n) is 7.25. The Morgan fingerprint density at radius 3 is 2.85 bits per heavy atom. The van der Waals surface area contributed by atoms with Crippen LogP contribution in [0.5, 0.6) is 0 Å². The van der Waals surface area contributed by atoms with Crippen molar-refractivity contribution in [1.29, 1.82) is 0 Å². The summed E-state index contributed by atoms with van der Waals surface area (Å²) in [5, 5.41) is 14.4. The van der Waals surface area contributed by atoms with Gasteiger partial charge in [-0.1, -0.05) is 6.92 Å². The fourth-order valence-electron chi connectivity index (χ4n) is 2.33. The Bertz CT molecular complexity index is 457. The summed E-state index contributed by atoms with van der Waals surface area (Å²) in [7, 11) is 0. The molecule has 0 atom stereocenters. The molecule has 1 aromatic heterocycles. The van der Waals surface area contributed by atoms with Gasteiger partial charge >= 0.3 is 0 Å². The first-order valence-corrected chi connectivity index (χ1v) is 7.25. The minimum atomic E-state index is -0.0463. The lowest BCUT2D eigenvalue weighted by Gasteiger charge is -2.27. The third-order valence-corrected chi connectivity index (χ3v) is 3.50. The molecular weight excluding hydrogens is 254 g/mol. The molecule has 1 aliphatic rings. The Morgan fingerprint density at radius 2 is 2.15 bits per heavy atom. The topological polar surface area (TPSA) is 70.2 Å². The van der Waals surface area contributed by atoms with Gasteiger partial charge in [-0.15, -0.1) is 0 Å². The van der Waals surface area contributed by atoms with Crippen LogP contribution in [0.2, 0.25) is 0 Å². The minimum Gasteiger partial charge on any atom is -0.351 e. The van der Waals surface area contributed by atoms with Gasteiger partial charge in [0.25, 0.3) is 5.91 Å². The molecule has 0 bridgehead atoms. The Morgan fingerprint density at radius 1 is 1.40 bits per heavy atom. The average Bonchev–Trinajstić information content (AvgIpc) is 2.48. The predicted molar refractivity (Wildman–Crippen MR) is 77.8 cm³/mol. The zero-order chi connectivity index (χ0) is 14.4. The number of aromatic nitrogens is 2. The Labute approximate surface area is 120 Å². The van der Waals surface area contributed by atoms with Crippen LogP contribution in [0.15, 0.2) is 6.07 Å². The van der Waals surface area contributed by atoms with Crippen molar-refractivity contribution < 1.29 is 4.79 Å².